The lowest BCUT2D eigenvalue weighted by atomic mass is 9.86. The van der Waals surface area contributed by atoms with Gasteiger partial charge in [-0.1, -0.05) is 68.8 Å². The first-order valence-corrected chi connectivity index (χ1v) is 14.8. The van der Waals surface area contributed by atoms with E-state index in [1.54, 1.807) is 56.3 Å². The van der Waals surface area contributed by atoms with E-state index in [-0.39, 0.29) is 31.4 Å². The molecule has 0 radical (unpaired) electrons. The van der Waals surface area contributed by atoms with Crippen molar-refractivity contribution >= 4 is 11.9 Å². The van der Waals surface area contributed by atoms with Gasteiger partial charge in [0, 0.05) is 12.1 Å². The smallest absolute Gasteiger partial charge is 0.430 e. The molecule has 1 unspecified atom stereocenters. The summed E-state index contributed by atoms with van der Waals surface area (Å²) < 4.78 is 92.5. The van der Waals surface area contributed by atoms with Crippen LogP contribution in [0.3, 0.4) is 0 Å². The minimum atomic E-state index is -5.99. The Kier molecular flexibility index (Phi) is 8.75. The van der Waals surface area contributed by atoms with Crippen molar-refractivity contribution in [3.63, 3.8) is 0 Å². The molecule has 0 aromatic heterocycles. The molecule has 0 spiro atoms. The van der Waals surface area contributed by atoms with Gasteiger partial charge in [-0.05, 0) is 59.2 Å². The summed E-state index contributed by atoms with van der Waals surface area (Å²) in [6.07, 6.45) is -10.9. The maximum Gasteiger partial charge on any atom is 0.430 e. The van der Waals surface area contributed by atoms with Crippen LogP contribution < -0.4 is 14.8 Å². The van der Waals surface area contributed by atoms with Crippen LogP contribution in [-0.4, -0.2) is 54.1 Å². The number of ether oxygens (including phenoxy) is 2. The van der Waals surface area contributed by atoms with Crippen molar-refractivity contribution in [3.05, 3.63) is 82.9 Å². The molecule has 0 saturated carbocycles. The number of fused-ring (bicyclic) bond motifs is 1. The zero-order valence-electron chi connectivity index (χ0n) is 25.0. The number of aryl methyl sites for hydroxylation is 1. The number of imide groups is 1. The fourth-order valence-corrected chi connectivity index (χ4v) is 5.98. The third-order valence-electron chi connectivity index (χ3n) is 8.47. The fraction of sp³-hybridized carbons (Fsp3) is 0.394. The van der Waals surface area contributed by atoms with Gasteiger partial charge >= 0.3 is 18.4 Å². The van der Waals surface area contributed by atoms with Gasteiger partial charge in [-0.3, -0.25) is 9.69 Å². The number of aliphatic hydroxyl groups is 1. The molecular weight excluding hydrogens is 618 g/mol. The molecule has 2 aliphatic rings. The predicted octanol–water partition coefficient (Wildman–Crippen LogP) is 6.79. The second-order valence-corrected chi connectivity index (χ2v) is 11.3. The van der Waals surface area contributed by atoms with Crippen LogP contribution in [0.4, 0.5) is 31.1 Å². The number of hydrogen-bond donors (Lipinski definition) is 2. The largest absolute Gasteiger partial charge is 0.486 e. The molecule has 3 amide bonds. The minimum absolute atomic E-state index is 0.0192. The minimum Gasteiger partial charge on any atom is -0.486 e. The van der Waals surface area contributed by atoms with Gasteiger partial charge in [0.1, 0.15) is 18.8 Å². The van der Waals surface area contributed by atoms with E-state index in [0.29, 0.717) is 59.5 Å². The Morgan fingerprint density at radius 2 is 1.57 bits per heavy atom. The van der Waals surface area contributed by atoms with Gasteiger partial charge in [0.2, 0.25) is 0 Å². The van der Waals surface area contributed by atoms with E-state index in [9.17, 15) is 41.0 Å². The zero-order chi connectivity index (χ0) is 33.5. The first kappa shape index (κ1) is 33.1. The summed E-state index contributed by atoms with van der Waals surface area (Å²) in [5.74, 6) is 0.587. The molecule has 3 aromatic rings. The summed E-state index contributed by atoms with van der Waals surface area (Å²) >= 11 is 0. The van der Waals surface area contributed by atoms with E-state index >= 15 is 0 Å². The second kappa shape index (κ2) is 12.2. The predicted molar refractivity (Wildman–Crippen MR) is 155 cm³/mol. The van der Waals surface area contributed by atoms with Crippen LogP contribution in [0.25, 0.3) is 11.1 Å². The monoisotopic (exact) mass is 650 g/mol. The number of nitrogens with one attached hydrogen (secondary N) is 1. The normalized spacial score (nSPS) is 18.6. The number of amides is 3. The summed E-state index contributed by atoms with van der Waals surface area (Å²) in [7, 11) is 0. The van der Waals surface area contributed by atoms with Gasteiger partial charge in [0.15, 0.2) is 11.5 Å². The molecule has 246 valence electrons. The van der Waals surface area contributed by atoms with Gasteiger partial charge < -0.3 is 19.9 Å². The van der Waals surface area contributed by atoms with Crippen molar-refractivity contribution in [2.24, 2.45) is 0 Å². The first-order chi connectivity index (χ1) is 21.7. The maximum atomic E-state index is 13.7. The molecule has 2 heterocycles. The maximum absolute atomic E-state index is 13.7. The van der Waals surface area contributed by atoms with Crippen LogP contribution in [0.1, 0.15) is 48.9 Å². The van der Waals surface area contributed by atoms with E-state index in [1.165, 1.54) is 0 Å². The third kappa shape index (κ3) is 5.65. The van der Waals surface area contributed by atoms with Gasteiger partial charge in [0.05, 0.1) is 0 Å². The van der Waals surface area contributed by atoms with Crippen LogP contribution in [0.5, 0.6) is 11.5 Å². The molecule has 2 N–H and O–H groups in total. The van der Waals surface area contributed by atoms with E-state index < -0.39 is 41.0 Å². The quantitative estimate of drug-likeness (QED) is 0.197. The summed E-state index contributed by atoms with van der Waals surface area (Å²) in [5, 5.41) is 12.8. The number of hydrogen-bond acceptors (Lipinski definition) is 5. The summed E-state index contributed by atoms with van der Waals surface area (Å²) in [4.78, 5) is 27.9. The highest BCUT2D eigenvalue weighted by molar-refractivity contribution is 6.07. The molecule has 0 aliphatic carbocycles. The Hall–Kier alpha value is -4.26. The van der Waals surface area contributed by atoms with Gasteiger partial charge in [-0.15, -0.1) is 0 Å². The van der Waals surface area contributed by atoms with Gasteiger partial charge in [-0.2, -0.15) is 26.3 Å². The average molecular weight is 651 g/mol. The molecule has 5 rings (SSSR count). The Morgan fingerprint density at radius 1 is 0.870 bits per heavy atom. The molecule has 7 nitrogen and oxygen atoms in total. The van der Waals surface area contributed by atoms with Gasteiger partial charge in [0.25, 0.3) is 11.5 Å². The molecule has 46 heavy (non-hydrogen) atoms. The topological polar surface area (TPSA) is 88.1 Å². The number of rotatable bonds is 9. The van der Waals surface area contributed by atoms with Crippen molar-refractivity contribution in [2.45, 2.75) is 63.0 Å². The number of benzene rings is 3. The van der Waals surface area contributed by atoms with Crippen molar-refractivity contribution in [2.75, 3.05) is 19.8 Å². The van der Waals surface area contributed by atoms with E-state index in [4.69, 9.17) is 9.47 Å². The van der Waals surface area contributed by atoms with Gasteiger partial charge in [-0.25, -0.2) is 4.79 Å². The van der Waals surface area contributed by atoms with E-state index in [2.05, 4.69) is 5.32 Å². The van der Waals surface area contributed by atoms with Crippen molar-refractivity contribution in [1.29, 1.82) is 0 Å². The fourth-order valence-electron chi connectivity index (χ4n) is 5.98. The lowest BCUT2D eigenvalue weighted by molar-refractivity contribution is -0.376. The highest BCUT2D eigenvalue weighted by Gasteiger charge is 2.71. The Morgan fingerprint density at radius 3 is 2.22 bits per heavy atom. The summed E-state index contributed by atoms with van der Waals surface area (Å²) in [5.41, 5.74) is -5.29. The second-order valence-electron chi connectivity index (χ2n) is 11.3. The Bertz CT molecular complexity index is 1630. The molecule has 1 atom stereocenters. The number of urea groups is 1. The summed E-state index contributed by atoms with van der Waals surface area (Å²) in [6, 6.07) is 13.8. The van der Waals surface area contributed by atoms with Crippen LogP contribution in [0.15, 0.2) is 60.7 Å². The number of alkyl halides is 6. The SMILES string of the molecule is CCCc1cc(C(O)(C(F)(F)F)C(F)(F)F)ccc1-c1cccc(CCN2C(=O)NC(CC)(c3ccc4c(c3)OCCO4)C2=O)c1. The highest BCUT2D eigenvalue weighted by Crippen LogP contribution is 2.50. The Labute approximate surface area is 261 Å². The summed E-state index contributed by atoms with van der Waals surface area (Å²) in [6.45, 7) is 4.29. The Balaban J connectivity index is 1.39. The molecule has 2 aliphatic heterocycles. The van der Waals surface area contributed by atoms with E-state index in [1.807, 2.05) is 0 Å². The lowest BCUT2D eigenvalue weighted by Crippen LogP contribution is -2.53. The van der Waals surface area contributed by atoms with Crippen LogP contribution in [-0.2, 0) is 28.8 Å². The van der Waals surface area contributed by atoms with Crippen LogP contribution in [0.2, 0.25) is 0 Å². The van der Waals surface area contributed by atoms with Crippen molar-refractivity contribution in [3.8, 4) is 22.6 Å². The first-order valence-electron chi connectivity index (χ1n) is 14.8. The zero-order valence-corrected chi connectivity index (χ0v) is 25.0. The number of halogens is 6. The standard InChI is InChI=1S/C33H32F6N2O5/c1-3-6-21-18-24(31(44,32(34,35)36)33(37,38)39)9-11-25(21)22-8-5-7-20(17-22)13-14-41-28(42)30(4-2,40-29(41)43)23-10-12-26-27(19-23)46-16-15-45-26/h5,7-12,17-19,44H,3-4,6,13-16H2,1-2H3,(H,40,43). The molecule has 13 heteroatoms. The van der Waals surface area contributed by atoms with Crippen LogP contribution in [0, 0.1) is 0 Å². The third-order valence-corrected chi connectivity index (χ3v) is 8.47. The number of carbonyl (C=O) groups excluding carboxylic acids is 2. The molecule has 1 saturated heterocycles. The average Bonchev–Trinajstić information content (AvgIpc) is 3.27. The van der Waals surface area contributed by atoms with Crippen molar-refractivity contribution in [1.82, 2.24) is 10.2 Å². The molecule has 3 aromatic carbocycles. The molecule has 0 bridgehead atoms. The van der Waals surface area contributed by atoms with Crippen molar-refractivity contribution < 1.29 is 50.5 Å². The highest BCUT2D eigenvalue weighted by atomic mass is 19.4. The number of carbonyl (C=O) groups is 2. The number of nitrogens with zero attached hydrogens (tertiary/aromatic N) is 1. The molecule has 1 fully saturated rings. The van der Waals surface area contributed by atoms with E-state index in [0.717, 1.165) is 17.0 Å². The molecular formula is C33H32F6N2O5. The lowest BCUT2D eigenvalue weighted by Gasteiger charge is -2.33. The van der Waals surface area contributed by atoms with Crippen LogP contribution >= 0.6 is 0 Å².